The Labute approximate surface area is 313 Å². The highest BCUT2D eigenvalue weighted by Crippen LogP contribution is 2.49. The van der Waals surface area contributed by atoms with Crippen LogP contribution in [-0.4, -0.2) is 25.4 Å². The third-order valence-corrected chi connectivity index (χ3v) is 9.97. The first-order chi connectivity index (χ1) is 25.7. The van der Waals surface area contributed by atoms with Gasteiger partial charge in [0, 0.05) is 0 Å². The van der Waals surface area contributed by atoms with Gasteiger partial charge in [0.05, 0.1) is 12.1 Å². The summed E-state index contributed by atoms with van der Waals surface area (Å²) < 4.78 is 234. The van der Waals surface area contributed by atoms with Crippen LogP contribution in [0.3, 0.4) is 0 Å². The maximum absolute atomic E-state index is 15.4. The Morgan fingerprint density at radius 3 is 1.29 bits per heavy atom. The van der Waals surface area contributed by atoms with E-state index in [9.17, 15) is 52.7 Å². The molecule has 0 spiro atoms. The monoisotopic (exact) mass is 828 g/mol. The molecule has 3 unspecified atom stereocenters. The lowest BCUT2D eigenvalue weighted by molar-refractivity contribution is -0.122. The van der Waals surface area contributed by atoms with Crippen molar-refractivity contribution in [2.75, 3.05) is 22.9 Å². The summed E-state index contributed by atoms with van der Waals surface area (Å²) in [7, 11) is 0. The van der Waals surface area contributed by atoms with E-state index in [1.807, 2.05) is 0 Å². The first-order valence-electron chi connectivity index (χ1n) is 17.5. The summed E-state index contributed by atoms with van der Waals surface area (Å²) in [4.78, 5) is -0.173. The van der Waals surface area contributed by atoms with Crippen LogP contribution >= 0.6 is 0 Å². The molecule has 0 heterocycles. The van der Waals surface area contributed by atoms with Crippen LogP contribution in [0, 0.1) is 69.0 Å². The van der Waals surface area contributed by atoms with E-state index >= 15 is 17.6 Å². The van der Waals surface area contributed by atoms with Gasteiger partial charge < -0.3 is 9.80 Å². The van der Waals surface area contributed by atoms with Crippen molar-refractivity contribution in [3.63, 3.8) is 0 Å². The third kappa shape index (κ3) is 9.98. The molecular weight excluding hydrogens is 788 g/mol. The normalized spacial score (nSPS) is 14.8. The van der Waals surface area contributed by atoms with E-state index < -0.39 is 130 Å². The average molecular weight is 829 g/mol. The Morgan fingerprint density at radius 2 is 0.893 bits per heavy atom. The summed E-state index contributed by atoms with van der Waals surface area (Å²) in [5.74, 6) is -26.0. The molecule has 0 aromatic heterocycles. The van der Waals surface area contributed by atoms with Gasteiger partial charge in [-0.25, -0.2) is 43.9 Å². The highest BCUT2D eigenvalue weighted by atomic mass is 19.4. The van der Waals surface area contributed by atoms with Crippen molar-refractivity contribution in [1.82, 2.24) is 0 Å². The lowest BCUT2D eigenvalue weighted by atomic mass is 9.73. The molecule has 3 atom stereocenters. The van der Waals surface area contributed by atoms with Crippen LogP contribution in [0.15, 0.2) is 24.3 Å². The highest BCUT2D eigenvalue weighted by Gasteiger charge is 2.46. The van der Waals surface area contributed by atoms with E-state index in [0.717, 1.165) is 24.3 Å². The SMILES string of the molecule is CCCC(C)(CC)CC(c1cccc(C(N(CC(F)(F)F)c2c(F)c(F)c(F)c(F)c2F)C(C)(C)CCC)c1)N(CC(F)(F)F)c1c(F)c(F)c(F)c(F)c1F. The van der Waals surface area contributed by atoms with Gasteiger partial charge in [-0.2, -0.15) is 26.3 Å². The van der Waals surface area contributed by atoms with Crippen molar-refractivity contribution in [1.29, 1.82) is 0 Å². The van der Waals surface area contributed by atoms with Crippen LogP contribution in [0.25, 0.3) is 0 Å². The summed E-state index contributed by atoms with van der Waals surface area (Å²) in [6.45, 7) is 4.47. The number of benzene rings is 3. The summed E-state index contributed by atoms with van der Waals surface area (Å²) >= 11 is 0. The molecule has 0 radical (unpaired) electrons. The van der Waals surface area contributed by atoms with Gasteiger partial charge in [0.15, 0.2) is 46.5 Å². The molecule has 0 N–H and O–H groups in total. The van der Waals surface area contributed by atoms with Gasteiger partial charge in [-0.1, -0.05) is 85.1 Å². The Hall–Kier alpha value is -3.86. The molecule has 0 fully saturated rings. The van der Waals surface area contributed by atoms with Crippen LogP contribution in [0.4, 0.5) is 81.6 Å². The Kier molecular flexibility index (Phi) is 14.4. The quantitative estimate of drug-likeness (QED) is 0.0806. The number of alkyl halides is 6. The molecule has 0 aliphatic rings. The maximum atomic E-state index is 15.4. The van der Waals surface area contributed by atoms with Crippen molar-refractivity contribution < 1.29 is 70.2 Å². The van der Waals surface area contributed by atoms with Gasteiger partial charge in [-0.15, -0.1) is 0 Å². The molecule has 0 amide bonds. The lowest BCUT2D eigenvalue weighted by Crippen LogP contribution is -2.45. The second-order valence-corrected chi connectivity index (χ2v) is 14.8. The number of anilines is 2. The van der Waals surface area contributed by atoms with Crippen molar-refractivity contribution >= 4 is 11.4 Å². The third-order valence-electron chi connectivity index (χ3n) is 9.97. The van der Waals surface area contributed by atoms with Crippen molar-refractivity contribution in [2.24, 2.45) is 10.8 Å². The van der Waals surface area contributed by atoms with Crippen molar-refractivity contribution in [3.8, 4) is 0 Å². The number of halogens is 16. The van der Waals surface area contributed by atoms with Crippen molar-refractivity contribution in [2.45, 2.75) is 105 Å². The molecule has 3 aromatic rings. The van der Waals surface area contributed by atoms with Crippen LogP contribution in [0.5, 0.6) is 0 Å². The average Bonchev–Trinajstić information content (AvgIpc) is 3.09. The van der Waals surface area contributed by atoms with Crippen LogP contribution in [-0.2, 0) is 0 Å². The predicted molar refractivity (Wildman–Crippen MR) is 178 cm³/mol. The minimum absolute atomic E-state index is 0.0791. The number of nitrogens with zero attached hydrogens (tertiary/aromatic N) is 2. The van der Waals surface area contributed by atoms with Crippen LogP contribution < -0.4 is 9.80 Å². The molecule has 0 saturated carbocycles. The molecule has 314 valence electrons. The zero-order chi connectivity index (χ0) is 42.9. The number of hydrogen-bond acceptors (Lipinski definition) is 2. The molecule has 0 saturated heterocycles. The summed E-state index contributed by atoms with van der Waals surface area (Å²) in [6, 6.07) is 0.180. The first-order valence-corrected chi connectivity index (χ1v) is 17.5. The zero-order valence-electron chi connectivity index (χ0n) is 31.1. The second-order valence-electron chi connectivity index (χ2n) is 14.8. The smallest absolute Gasteiger partial charge is 0.350 e. The summed E-state index contributed by atoms with van der Waals surface area (Å²) in [5.41, 5.74) is -7.28. The summed E-state index contributed by atoms with van der Waals surface area (Å²) in [6.07, 6.45) is -10.3. The van der Waals surface area contributed by atoms with E-state index in [2.05, 4.69) is 0 Å². The number of hydrogen-bond donors (Lipinski definition) is 0. The second kappa shape index (κ2) is 17.3. The largest absolute Gasteiger partial charge is 0.405 e. The Bertz CT molecular complexity index is 1800. The predicted octanol–water partition coefficient (Wildman–Crippen LogP) is 13.7. The fourth-order valence-corrected chi connectivity index (χ4v) is 7.39. The maximum Gasteiger partial charge on any atom is 0.405 e. The molecular formula is C38H40F16N2. The Balaban J connectivity index is 2.55. The van der Waals surface area contributed by atoms with Crippen LogP contribution in [0.2, 0.25) is 0 Å². The standard InChI is InChI=1S/C38H40F16N2/c1-7-13-35(4,5)34(56(18-38(52,53)54)33-30(47)26(43)23(40)27(44)31(33)48)20-12-10-11-19(15-20)21(16-36(6,9-3)14-8-2)55(17-37(49,50)51)32-28(45)24(41)22(39)25(42)29(32)46/h10-12,15,21,34H,7-9,13-14,16-18H2,1-6H3. The van der Waals surface area contributed by atoms with Gasteiger partial charge in [-0.3, -0.25) is 0 Å². The minimum atomic E-state index is -5.38. The molecule has 3 aromatic carbocycles. The van der Waals surface area contributed by atoms with E-state index in [4.69, 9.17) is 0 Å². The fourth-order valence-electron chi connectivity index (χ4n) is 7.39. The van der Waals surface area contributed by atoms with Gasteiger partial charge in [-0.05, 0) is 41.2 Å². The molecule has 18 heteroatoms. The fraction of sp³-hybridized carbons (Fsp3) is 0.526. The van der Waals surface area contributed by atoms with Gasteiger partial charge in [0.1, 0.15) is 24.5 Å². The first kappa shape index (κ1) is 46.5. The molecule has 2 nitrogen and oxygen atoms in total. The van der Waals surface area contributed by atoms with Gasteiger partial charge in [0.25, 0.3) is 0 Å². The number of rotatable bonds is 16. The molecule has 3 rings (SSSR count). The Morgan fingerprint density at radius 1 is 0.518 bits per heavy atom. The summed E-state index contributed by atoms with van der Waals surface area (Å²) in [5, 5.41) is 0. The highest BCUT2D eigenvalue weighted by molar-refractivity contribution is 5.56. The van der Waals surface area contributed by atoms with E-state index in [1.165, 1.54) is 13.8 Å². The minimum Gasteiger partial charge on any atom is -0.350 e. The van der Waals surface area contributed by atoms with Gasteiger partial charge in [0.2, 0.25) is 11.6 Å². The molecule has 0 aliphatic carbocycles. The lowest BCUT2D eigenvalue weighted by Gasteiger charge is -2.45. The zero-order valence-corrected chi connectivity index (χ0v) is 31.1. The van der Waals surface area contributed by atoms with E-state index in [-0.39, 0.29) is 41.0 Å². The molecule has 56 heavy (non-hydrogen) atoms. The molecule has 0 aliphatic heterocycles. The topological polar surface area (TPSA) is 6.48 Å². The van der Waals surface area contributed by atoms with E-state index in [0.29, 0.717) is 6.42 Å². The van der Waals surface area contributed by atoms with E-state index in [1.54, 1.807) is 27.7 Å². The van der Waals surface area contributed by atoms with Crippen molar-refractivity contribution in [3.05, 3.63) is 93.6 Å². The molecule has 0 bridgehead atoms. The van der Waals surface area contributed by atoms with Gasteiger partial charge >= 0.3 is 12.4 Å². The van der Waals surface area contributed by atoms with Crippen LogP contribution in [0.1, 0.15) is 103 Å².